The molecule has 1 aromatic carbocycles. The SMILES string of the molecule is Nc1ccc(N2CCCCC2=S)c(Cl)c1. The highest BCUT2D eigenvalue weighted by Crippen LogP contribution is 2.30. The first kappa shape index (κ1) is 10.7. The highest BCUT2D eigenvalue weighted by Gasteiger charge is 2.18. The number of anilines is 2. The van der Waals surface area contributed by atoms with Crippen molar-refractivity contribution in [3.63, 3.8) is 0 Å². The van der Waals surface area contributed by atoms with E-state index in [1.807, 2.05) is 12.1 Å². The topological polar surface area (TPSA) is 29.3 Å². The standard InChI is InChI=1S/C11H13ClN2S/c12-9-7-8(13)4-5-10(9)14-6-2-1-3-11(14)15/h4-5,7H,1-3,6,13H2. The van der Waals surface area contributed by atoms with Gasteiger partial charge in [-0.3, -0.25) is 0 Å². The van der Waals surface area contributed by atoms with Gasteiger partial charge in [0.05, 0.1) is 15.7 Å². The third-order valence-corrected chi connectivity index (χ3v) is 3.31. The molecule has 1 aliphatic rings. The van der Waals surface area contributed by atoms with Gasteiger partial charge in [-0.1, -0.05) is 23.8 Å². The molecule has 4 heteroatoms. The third kappa shape index (κ3) is 2.24. The van der Waals surface area contributed by atoms with Crippen molar-refractivity contribution in [3.05, 3.63) is 23.2 Å². The van der Waals surface area contributed by atoms with E-state index in [1.54, 1.807) is 6.07 Å². The first-order valence-electron chi connectivity index (χ1n) is 5.04. The fourth-order valence-corrected chi connectivity index (χ4v) is 2.43. The van der Waals surface area contributed by atoms with Gasteiger partial charge in [0.1, 0.15) is 0 Å². The van der Waals surface area contributed by atoms with Crippen LogP contribution >= 0.6 is 23.8 Å². The number of nitrogen functional groups attached to an aromatic ring is 1. The van der Waals surface area contributed by atoms with Gasteiger partial charge in [0.25, 0.3) is 0 Å². The lowest BCUT2D eigenvalue weighted by molar-refractivity contribution is 0.720. The molecule has 80 valence electrons. The van der Waals surface area contributed by atoms with Crippen LogP contribution in [-0.4, -0.2) is 11.5 Å². The van der Waals surface area contributed by atoms with Gasteiger partial charge < -0.3 is 10.6 Å². The first-order valence-corrected chi connectivity index (χ1v) is 5.82. The molecule has 0 unspecified atom stereocenters. The zero-order chi connectivity index (χ0) is 10.8. The minimum Gasteiger partial charge on any atom is -0.399 e. The monoisotopic (exact) mass is 240 g/mol. The number of piperidine rings is 1. The Labute approximate surface area is 100 Å². The summed E-state index contributed by atoms with van der Waals surface area (Å²) in [6.07, 6.45) is 3.33. The Morgan fingerprint density at radius 2 is 2.13 bits per heavy atom. The van der Waals surface area contributed by atoms with Gasteiger partial charge in [-0.05, 0) is 37.5 Å². The zero-order valence-corrected chi connectivity index (χ0v) is 9.94. The second-order valence-electron chi connectivity index (χ2n) is 3.71. The second-order valence-corrected chi connectivity index (χ2v) is 4.59. The van der Waals surface area contributed by atoms with Crippen molar-refractivity contribution < 1.29 is 0 Å². The number of nitrogens with zero attached hydrogens (tertiary/aromatic N) is 1. The summed E-state index contributed by atoms with van der Waals surface area (Å²) in [4.78, 5) is 3.09. The van der Waals surface area contributed by atoms with Crippen LogP contribution in [0.4, 0.5) is 11.4 Å². The molecule has 1 aliphatic heterocycles. The van der Waals surface area contributed by atoms with E-state index in [9.17, 15) is 0 Å². The summed E-state index contributed by atoms with van der Waals surface area (Å²) >= 11 is 11.5. The molecule has 0 saturated carbocycles. The second kappa shape index (κ2) is 4.37. The summed E-state index contributed by atoms with van der Waals surface area (Å²) < 4.78 is 0. The Morgan fingerprint density at radius 1 is 1.33 bits per heavy atom. The number of hydrogen-bond acceptors (Lipinski definition) is 2. The fourth-order valence-electron chi connectivity index (χ4n) is 1.80. The maximum Gasteiger partial charge on any atom is 0.0824 e. The number of thiocarbonyl (C=S) groups is 1. The average Bonchev–Trinajstić information content (AvgIpc) is 2.20. The molecular weight excluding hydrogens is 228 g/mol. The number of halogens is 1. The Bertz CT molecular complexity index is 392. The Morgan fingerprint density at radius 3 is 2.80 bits per heavy atom. The summed E-state index contributed by atoms with van der Waals surface area (Å²) in [5.74, 6) is 0. The van der Waals surface area contributed by atoms with Gasteiger partial charge >= 0.3 is 0 Å². The first-order chi connectivity index (χ1) is 7.18. The van der Waals surface area contributed by atoms with Crippen LogP contribution in [0.1, 0.15) is 19.3 Å². The molecule has 0 aromatic heterocycles. The predicted octanol–water partition coefficient (Wildman–Crippen LogP) is 3.24. The number of rotatable bonds is 1. The lowest BCUT2D eigenvalue weighted by Gasteiger charge is -2.30. The minimum absolute atomic E-state index is 0.680. The van der Waals surface area contributed by atoms with Crippen molar-refractivity contribution in [3.8, 4) is 0 Å². The van der Waals surface area contributed by atoms with E-state index in [2.05, 4.69) is 4.90 Å². The minimum atomic E-state index is 0.680. The average molecular weight is 241 g/mol. The summed E-state index contributed by atoms with van der Waals surface area (Å²) in [5.41, 5.74) is 7.32. The normalized spacial score (nSPS) is 16.9. The lowest BCUT2D eigenvalue weighted by Crippen LogP contribution is -2.34. The molecule has 0 bridgehead atoms. The van der Waals surface area contributed by atoms with Crippen LogP contribution in [0.15, 0.2) is 18.2 Å². The third-order valence-electron chi connectivity index (χ3n) is 2.59. The van der Waals surface area contributed by atoms with Crippen LogP contribution in [0.25, 0.3) is 0 Å². The Hall–Kier alpha value is -0.800. The van der Waals surface area contributed by atoms with Crippen LogP contribution in [0.3, 0.4) is 0 Å². The Kier molecular flexibility index (Phi) is 3.12. The van der Waals surface area contributed by atoms with Gasteiger partial charge in [0.2, 0.25) is 0 Å². The van der Waals surface area contributed by atoms with Gasteiger partial charge in [-0.15, -0.1) is 0 Å². The van der Waals surface area contributed by atoms with E-state index in [4.69, 9.17) is 29.6 Å². The molecule has 2 N–H and O–H groups in total. The smallest absolute Gasteiger partial charge is 0.0824 e. The van der Waals surface area contributed by atoms with E-state index < -0.39 is 0 Å². The largest absolute Gasteiger partial charge is 0.399 e. The highest BCUT2D eigenvalue weighted by molar-refractivity contribution is 7.80. The van der Waals surface area contributed by atoms with E-state index in [0.717, 1.165) is 23.6 Å². The molecule has 0 aliphatic carbocycles. The molecule has 1 saturated heterocycles. The van der Waals surface area contributed by atoms with Crippen molar-refractivity contribution in [2.45, 2.75) is 19.3 Å². The molecule has 1 heterocycles. The number of benzene rings is 1. The summed E-state index contributed by atoms with van der Waals surface area (Å²) in [6.45, 7) is 0.961. The summed E-state index contributed by atoms with van der Waals surface area (Å²) in [5, 5.41) is 0.680. The maximum absolute atomic E-state index is 6.15. The molecule has 0 spiro atoms. The molecule has 1 fully saturated rings. The molecule has 0 amide bonds. The fraction of sp³-hybridized carbons (Fsp3) is 0.364. The van der Waals surface area contributed by atoms with Gasteiger partial charge in [-0.25, -0.2) is 0 Å². The van der Waals surface area contributed by atoms with Crippen LogP contribution in [0.5, 0.6) is 0 Å². The van der Waals surface area contributed by atoms with Crippen molar-refractivity contribution in [2.75, 3.05) is 17.2 Å². The maximum atomic E-state index is 6.15. The van der Waals surface area contributed by atoms with E-state index >= 15 is 0 Å². The molecule has 0 atom stereocenters. The molecule has 2 rings (SSSR count). The molecule has 15 heavy (non-hydrogen) atoms. The quantitative estimate of drug-likeness (QED) is 0.604. The summed E-state index contributed by atoms with van der Waals surface area (Å²) in [7, 11) is 0. The number of nitrogens with two attached hydrogens (primary N) is 1. The molecule has 0 radical (unpaired) electrons. The van der Waals surface area contributed by atoms with Crippen LogP contribution in [0, 0.1) is 0 Å². The molecule has 2 nitrogen and oxygen atoms in total. The molecular formula is C11H13ClN2S. The van der Waals surface area contributed by atoms with E-state index in [0.29, 0.717) is 10.7 Å². The molecule has 1 aromatic rings. The Balaban J connectivity index is 2.31. The summed E-state index contributed by atoms with van der Waals surface area (Å²) in [6, 6.07) is 5.57. The van der Waals surface area contributed by atoms with E-state index in [-0.39, 0.29) is 0 Å². The van der Waals surface area contributed by atoms with Crippen molar-refractivity contribution >= 4 is 40.2 Å². The van der Waals surface area contributed by atoms with Crippen LogP contribution in [0.2, 0.25) is 5.02 Å². The van der Waals surface area contributed by atoms with Crippen LogP contribution < -0.4 is 10.6 Å². The van der Waals surface area contributed by atoms with Gasteiger partial charge in [0, 0.05) is 12.2 Å². The highest BCUT2D eigenvalue weighted by atomic mass is 35.5. The predicted molar refractivity (Wildman–Crippen MR) is 69.7 cm³/mol. The van der Waals surface area contributed by atoms with E-state index in [1.165, 1.54) is 12.8 Å². The van der Waals surface area contributed by atoms with Crippen molar-refractivity contribution in [1.29, 1.82) is 0 Å². The number of hydrogen-bond donors (Lipinski definition) is 1. The van der Waals surface area contributed by atoms with Gasteiger partial charge in [0.15, 0.2) is 0 Å². The van der Waals surface area contributed by atoms with Gasteiger partial charge in [-0.2, -0.15) is 0 Å². The zero-order valence-electron chi connectivity index (χ0n) is 8.37. The van der Waals surface area contributed by atoms with Crippen LogP contribution in [-0.2, 0) is 0 Å². The lowest BCUT2D eigenvalue weighted by atomic mass is 10.1. The van der Waals surface area contributed by atoms with Crippen molar-refractivity contribution in [2.24, 2.45) is 0 Å². The van der Waals surface area contributed by atoms with Crippen molar-refractivity contribution in [1.82, 2.24) is 0 Å².